The molecule has 0 aromatic heterocycles. The van der Waals surface area contributed by atoms with E-state index in [4.69, 9.17) is 0 Å². The van der Waals surface area contributed by atoms with Gasteiger partial charge in [-0.15, -0.1) is 11.8 Å². The number of nitrogens with one attached hydrogen (secondary N) is 1. The first-order chi connectivity index (χ1) is 11.3. The summed E-state index contributed by atoms with van der Waals surface area (Å²) in [5, 5.41) is 3.06. The van der Waals surface area contributed by atoms with Gasteiger partial charge in [-0.05, 0) is 30.9 Å². The molecule has 0 spiro atoms. The van der Waals surface area contributed by atoms with Crippen molar-refractivity contribution in [1.29, 1.82) is 0 Å². The van der Waals surface area contributed by atoms with E-state index in [1.807, 2.05) is 11.8 Å². The number of hydrogen-bond acceptors (Lipinski definition) is 4. The summed E-state index contributed by atoms with van der Waals surface area (Å²) in [4.78, 5) is 18.0. The molecule has 1 N–H and O–H groups in total. The Bertz CT molecular complexity index is 484. The smallest absolute Gasteiger partial charge is 0.234 e. The fourth-order valence-corrected chi connectivity index (χ4v) is 3.75. The van der Waals surface area contributed by atoms with Crippen molar-refractivity contribution in [2.45, 2.75) is 17.7 Å². The van der Waals surface area contributed by atoms with Gasteiger partial charge in [-0.1, -0.05) is 18.2 Å². The zero-order valence-corrected chi connectivity index (χ0v) is 14.6. The van der Waals surface area contributed by atoms with Gasteiger partial charge in [-0.25, -0.2) is 0 Å². The van der Waals surface area contributed by atoms with Crippen LogP contribution >= 0.6 is 11.8 Å². The fraction of sp³-hybridized carbons (Fsp3) is 0.611. The maximum absolute atomic E-state index is 11.9. The molecule has 1 aliphatic heterocycles. The summed E-state index contributed by atoms with van der Waals surface area (Å²) in [6.45, 7) is 6.74. The molecule has 1 aromatic rings. The largest absolute Gasteiger partial charge is 0.355 e. The number of amides is 1. The Hall–Kier alpha value is -1.04. The lowest BCUT2D eigenvalue weighted by Gasteiger charge is -2.34. The average molecular weight is 334 g/mol. The number of nitrogens with zero attached hydrogens (tertiary/aromatic N) is 2. The van der Waals surface area contributed by atoms with Crippen LogP contribution in [0.1, 0.15) is 12.8 Å². The molecule has 0 radical (unpaired) electrons. The second-order valence-corrected chi connectivity index (χ2v) is 7.70. The zero-order chi connectivity index (χ0) is 15.9. The standard InChI is InChI=1S/C18H27N3OS/c22-18(19-14-16-6-7-16)15-21-10-8-20(9-11-21)12-13-23-17-4-2-1-3-5-17/h1-5,16H,6-15H2,(H,19,22). The van der Waals surface area contributed by atoms with Crippen molar-refractivity contribution in [2.75, 3.05) is 51.6 Å². The van der Waals surface area contributed by atoms with E-state index >= 15 is 0 Å². The molecular weight excluding hydrogens is 306 g/mol. The van der Waals surface area contributed by atoms with E-state index in [2.05, 4.69) is 45.4 Å². The minimum atomic E-state index is 0.199. The van der Waals surface area contributed by atoms with E-state index in [9.17, 15) is 4.79 Å². The van der Waals surface area contributed by atoms with E-state index in [1.54, 1.807) is 0 Å². The molecule has 126 valence electrons. The minimum Gasteiger partial charge on any atom is -0.355 e. The fourth-order valence-electron chi connectivity index (χ4n) is 2.82. The van der Waals surface area contributed by atoms with Gasteiger partial charge < -0.3 is 5.32 Å². The summed E-state index contributed by atoms with van der Waals surface area (Å²) >= 11 is 1.92. The summed E-state index contributed by atoms with van der Waals surface area (Å²) in [6, 6.07) is 10.6. The summed E-state index contributed by atoms with van der Waals surface area (Å²) in [6.07, 6.45) is 2.58. The lowest BCUT2D eigenvalue weighted by atomic mass is 10.3. The molecule has 0 atom stereocenters. The van der Waals surface area contributed by atoms with Crippen LogP contribution < -0.4 is 5.32 Å². The predicted molar refractivity (Wildman–Crippen MR) is 95.8 cm³/mol. The second kappa shape index (κ2) is 8.71. The molecule has 2 aliphatic rings. The van der Waals surface area contributed by atoms with Crippen LogP contribution in [-0.4, -0.2) is 67.3 Å². The lowest BCUT2D eigenvalue weighted by Crippen LogP contribution is -2.50. The molecule has 1 aliphatic carbocycles. The third kappa shape index (κ3) is 6.16. The first-order valence-electron chi connectivity index (χ1n) is 8.69. The van der Waals surface area contributed by atoms with Gasteiger partial charge in [0.05, 0.1) is 6.54 Å². The molecule has 5 heteroatoms. The Morgan fingerprint density at radius 3 is 2.48 bits per heavy atom. The molecule has 3 rings (SSSR count). The number of carbonyl (C=O) groups excluding carboxylic acids is 1. The summed E-state index contributed by atoms with van der Waals surface area (Å²) in [5.74, 6) is 2.09. The van der Waals surface area contributed by atoms with E-state index in [1.165, 1.54) is 17.7 Å². The first kappa shape index (κ1) is 16.8. The van der Waals surface area contributed by atoms with Crippen LogP contribution in [0.25, 0.3) is 0 Å². The maximum Gasteiger partial charge on any atom is 0.234 e. The monoisotopic (exact) mass is 333 g/mol. The summed E-state index contributed by atoms with van der Waals surface area (Å²) in [5.41, 5.74) is 0. The molecule has 1 aromatic carbocycles. The van der Waals surface area contributed by atoms with Gasteiger partial charge in [0.15, 0.2) is 0 Å². The third-order valence-corrected chi connectivity index (χ3v) is 5.53. The van der Waals surface area contributed by atoms with E-state index in [-0.39, 0.29) is 5.91 Å². The minimum absolute atomic E-state index is 0.199. The van der Waals surface area contributed by atoms with Crippen LogP contribution in [0.5, 0.6) is 0 Å². The summed E-state index contributed by atoms with van der Waals surface area (Å²) < 4.78 is 0. The molecule has 1 heterocycles. The van der Waals surface area contributed by atoms with E-state index < -0.39 is 0 Å². The van der Waals surface area contributed by atoms with Crippen molar-refractivity contribution < 1.29 is 4.79 Å². The Balaban J connectivity index is 1.26. The highest BCUT2D eigenvalue weighted by molar-refractivity contribution is 7.99. The van der Waals surface area contributed by atoms with Gasteiger partial charge in [-0.3, -0.25) is 14.6 Å². The van der Waals surface area contributed by atoms with Crippen molar-refractivity contribution in [1.82, 2.24) is 15.1 Å². The van der Waals surface area contributed by atoms with Crippen LogP contribution in [0.4, 0.5) is 0 Å². The van der Waals surface area contributed by atoms with Gasteiger partial charge in [0.25, 0.3) is 0 Å². The number of carbonyl (C=O) groups is 1. The van der Waals surface area contributed by atoms with E-state index in [0.29, 0.717) is 6.54 Å². The normalized spacial score (nSPS) is 19.7. The molecule has 0 unspecified atom stereocenters. The van der Waals surface area contributed by atoms with Gasteiger partial charge in [0.1, 0.15) is 0 Å². The SMILES string of the molecule is O=C(CN1CCN(CCSc2ccccc2)CC1)NCC1CC1. The highest BCUT2D eigenvalue weighted by Gasteiger charge is 2.23. The van der Waals surface area contributed by atoms with Crippen LogP contribution in [-0.2, 0) is 4.79 Å². The molecule has 23 heavy (non-hydrogen) atoms. The first-order valence-corrected chi connectivity index (χ1v) is 9.67. The Morgan fingerprint density at radius 2 is 1.78 bits per heavy atom. The third-order valence-electron chi connectivity index (χ3n) is 4.54. The number of hydrogen-bond donors (Lipinski definition) is 1. The predicted octanol–water partition coefficient (Wildman–Crippen LogP) is 1.92. The Kier molecular flexibility index (Phi) is 6.37. The van der Waals surface area contributed by atoms with Crippen LogP contribution in [0, 0.1) is 5.92 Å². The van der Waals surface area contributed by atoms with Gasteiger partial charge in [0, 0.05) is 49.9 Å². The Morgan fingerprint density at radius 1 is 1.09 bits per heavy atom. The molecule has 2 fully saturated rings. The highest BCUT2D eigenvalue weighted by atomic mass is 32.2. The number of piperazine rings is 1. The van der Waals surface area contributed by atoms with Crippen molar-refractivity contribution in [3.8, 4) is 0 Å². The molecule has 4 nitrogen and oxygen atoms in total. The topological polar surface area (TPSA) is 35.6 Å². The van der Waals surface area contributed by atoms with Crippen molar-refractivity contribution in [2.24, 2.45) is 5.92 Å². The molecule has 1 saturated heterocycles. The molecule has 1 saturated carbocycles. The number of thioether (sulfide) groups is 1. The average Bonchev–Trinajstić information content (AvgIpc) is 3.40. The lowest BCUT2D eigenvalue weighted by molar-refractivity contribution is -0.122. The molecule has 0 bridgehead atoms. The quantitative estimate of drug-likeness (QED) is 0.738. The molecule has 1 amide bonds. The van der Waals surface area contributed by atoms with Crippen molar-refractivity contribution in [3.05, 3.63) is 30.3 Å². The van der Waals surface area contributed by atoms with Crippen LogP contribution in [0.3, 0.4) is 0 Å². The maximum atomic E-state index is 11.9. The van der Waals surface area contributed by atoms with E-state index in [0.717, 1.165) is 50.9 Å². The van der Waals surface area contributed by atoms with Gasteiger partial charge in [-0.2, -0.15) is 0 Å². The second-order valence-electron chi connectivity index (χ2n) is 6.53. The molecular formula is C18H27N3OS. The van der Waals surface area contributed by atoms with Crippen molar-refractivity contribution >= 4 is 17.7 Å². The number of benzene rings is 1. The van der Waals surface area contributed by atoms with Gasteiger partial charge >= 0.3 is 0 Å². The summed E-state index contributed by atoms with van der Waals surface area (Å²) in [7, 11) is 0. The highest BCUT2D eigenvalue weighted by Crippen LogP contribution is 2.27. The van der Waals surface area contributed by atoms with Crippen LogP contribution in [0.2, 0.25) is 0 Å². The van der Waals surface area contributed by atoms with Crippen LogP contribution in [0.15, 0.2) is 35.2 Å². The zero-order valence-electron chi connectivity index (χ0n) is 13.7. The number of rotatable bonds is 8. The Labute approximate surface area is 143 Å². The van der Waals surface area contributed by atoms with Crippen molar-refractivity contribution in [3.63, 3.8) is 0 Å². The van der Waals surface area contributed by atoms with Gasteiger partial charge in [0.2, 0.25) is 5.91 Å².